The van der Waals surface area contributed by atoms with E-state index >= 15 is 0 Å². The number of nitrogens with one attached hydrogen (secondary N) is 6. The average Bonchev–Trinajstić information content (AvgIpc) is 3.98. The number of aromatic hydroxyl groups is 2. The van der Waals surface area contributed by atoms with E-state index in [2.05, 4.69) is 51.8 Å². The van der Waals surface area contributed by atoms with Gasteiger partial charge in [-0.15, -0.1) is 22.7 Å². The summed E-state index contributed by atoms with van der Waals surface area (Å²) in [5, 5.41) is 48.9. The number of carbonyl (C=O) groups excluding carboxylic acids is 5. The van der Waals surface area contributed by atoms with Crippen molar-refractivity contribution in [2.24, 2.45) is 0 Å². The molecule has 0 saturated carbocycles. The van der Waals surface area contributed by atoms with Gasteiger partial charge in [-0.25, -0.2) is 29.5 Å². The van der Waals surface area contributed by atoms with E-state index in [1.54, 1.807) is 82.5 Å². The molecule has 386 valence electrons. The Bertz CT molecular complexity index is 2880. The van der Waals surface area contributed by atoms with Gasteiger partial charge in [0.05, 0.1) is 50.8 Å². The summed E-state index contributed by atoms with van der Waals surface area (Å²) >= 11 is 2.56. The molecule has 4 heterocycles. The van der Waals surface area contributed by atoms with Gasteiger partial charge in [0, 0.05) is 26.2 Å². The van der Waals surface area contributed by atoms with Crippen LogP contribution in [0.15, 0.2) is 71.4 Å². The van der Waals surface area contributed by atoms with Crippen molar-refractivity contribution in [2.45, 2.75) is 79.3 Å². The smallest absolute Gasteiger partial charge is 0.330 e. The maximum Gasteiger partial charge on any atom is 0.330 e. The van der Waals surface area contributed by atoms with E-state index in [9.17, 15) is 44.1 Å². The van der Waals surface area contributed by atoms with Gasteiger partial charge in [-0.3, -0.25) is 19.2 Å². The third kappa shape index (κ3) is 16.5. The molecule has 0 aliphatic carbocycles. The van der Waals surface area contributed by atoms with Crippen LogP contribution in [0.2, 0.25) is 0 Å². The molecule has 0 aliphatic heterocycles. The molecular weight excluding hydrogens is 977 g/mol. The summed E-state index contributed by atoms with van der Waals surface area (Å²) in [6.45, 7) is 11.1. The number of phenolic OH excluding ortho intramolecular Hbond substituents is 2. The Morgan fingerprint density at radius 1 is 0.575 bits per heavy atom. The fraction of sp³-hybridized carbons (Fsp3) is 0.333. The van der Waals surface area contributed by atoms with Crippen LogP contribution in [-0.4, -0.2) is 116 Å². The fourth-order valence-corrected chi connectivity index (χ4v) is 9.10. The van der Waals surface area contributed by atoms with E-state index < -0.39 is 41.7 Å². The Morgan fingerprint density at radius 2 is 0.973 bits per heavy atom. The summed E-state index contributed by atoms with van der Waals surface area (Å²) in [5.41, 5.74) is 5.81. The minimum atomic E-state index is -1.32. The minimum absolute atomic E-state index is 0.133. The number of ether oxygens (including phenoxy) is 1. The number of carbonyl (C=O) groups is 6. The molecule has 6 rings (SSSR count). The second kappa shape index (κ2) is 27.0. The van der Waals surface area contributed by atoms with Crippen LogP contribution in [0.4, 0.5) is 11.9 Å². The molecule has 0 radical (unpaired) electrons. The molecule has 0 spiro atoms. The molecule has 4 aromatic heterocycles. The number of carboxylic acids is 1. The maximum atomic E-state index is 13.1. The summed E-state index contributed by atoms with van der Waals surface area (Å²) in [6, 6.07) is 15.4. The molecule has 0 saturated heterocycles. The number of rotatable bonds is 22. The number of thiophene rings is 2. The van der Waals surface area contributed by atoms with E-state index in [4.69, 9.17) is 4.74 Å². The first-order valence-corrected chi connectivity index (χ1v) is 24.9. The first-order valence-electron chi connectivity index (χ1n) is 23.2. The normalized spacial score (nSPS) is 11.5. The van der Waals surface area contributed by atoms with Crippen LogP contribution in [-0.2, 0) is 27.2 Å². The lowest BCUT2D eigenvalue weighted by atomic mass is 10.1. The zero-order valence-electron chi connectivity index (χ0n) is 41.5. The van der Waals surface area contributed by atoms with Gasteiger partial charge in [-0.2, -0.15) is 0 Å². The highest BCUT2D eigenvalue weighted by molar-refractivity contribution is 7.12. The van der Waals surface area contributed by atoms with Gasteiger partial charge < -0.3 is 52.0 Å². The predicted molar refractivity (Wildman–Crippen MR) is 278 cm³/mol. The molecular formula is C51H60N10O10S2. The number of aromatic nitrogens is 4. The third-order valence-electron chi connectivity index (χ3n) is 11.1. The molecule has 20 nitrogen and oxygen atoms in total. The van der Waals surface area contributed by atoms with Crippen LogP contribution in [0.3, 0.4) is 0 Å². The van der Waals surface area contributed by atoms with Crippen molar-refractivity contribution in [3.63, 3.8) is 0 Å². The molecule has 4 amide bonds. The minimum Gasteiger partial charge on any atom is -0.508 e. The van der Waals surface area contributed by atoms with Gasteiger partial charge in [-0.1, -0.05) is 24.3 Å². The van der Waals surface area contributed by atoms with Crippen molar-refractivity contribution in [1.82, 2.24) is 41.2 Å². The summed E-state index contributed by atoms with van der Waals surface area (Å²) in [6.07, 6.45) is 3.12. The highest BCUT2D eigenvalue weighted by Gasteiger charge is 2.27. The number of esters is 1. The summed E-state index contributed by atoms with van der Waals surface area (Å²) in [4.78, 5) is 93.2. The molecule has 0 fully saturated rings. The van der Waals surface area contributed by atoms with E-state index in [-0.39, 0.29) is 41.6 Å². The number of benzene rings is 2. The second-order valence-electron chi connectivity index (χ2n) is 16.8. The number of hydrogen-bond acceptors (Lipinski definition) is 17. The molecule has 9 N–H and O–H groups in total. The largest absolute Gasteiger partial charge is 0.508 e. The van der Waals surface area contributed by atoms with Crippen LogP contribution in [0.5, 0.6) is 11.5 Å². The van der Waals surface area contributed by atoms with Gasteiger partial charge >= 0.3 is 11.9 Å². The number of amides is 4. The number of methoxy groups -OCH3 is 1. The first-order chi connectivity index (χ1) is 34.8. The molecule has 6 aromatic rings. The summed E-state index contributed by atoms with van der Waals surface area (Å²) in [7, 11) is 1.22. The Balaban J connectivity index is 0.000000271. The molecule has 2 aromatic carbocycles. The fourth-order valence-electron chi connectivity index (χ4n) is 7.41. The lowest BCUT2D eigenvalue weighted by Gasteiger charge is -2.18. The van der Waals surface area contributed by atoms with Crippen LogP contribution in [0, 0.1) is 41.5 Å². The lowest BCUT2D eigenvalue weighted by molar-refractivity contribution is -0.142. The molecule has 0 aliphatic rings. The average molecular weight is 1040 g/mol. The van der Waals surface area contributed by atoms with E-state index in [0.717, 1.165) is 47.9 Å². The zero-order valence-corrected chi connectivity index (χ0v) is 43.2. The highest BCUT2D eigenvalue weighted by atomic mass is 32.1. The number of nitrogens with zero attached hydrogens (tertiary/aromatic N) is 4. The Labute approximate surface area is 430 Å². The van der Waals surface area contributed by atoms with Crippen molar-refractivity contribution in [3.8, 4) is 11.5 Å². The summed E-state index contributed by atoms with van der Waals surface area (Å²) < 4.78 is 4.81. The highest BCUT2D eigenvalue weighted by Crippen LogP contribution is 2.19. The Morgan fingerprint density at radius 3 is 1.33 bits per heavy atom. The lowest BCUT2D eigenvalue weighted by Crippen LogP contribution is -2.49. The van der Waals surface area contributed by atoms with Gasteiger partial charge in [0.15, 0.2) is 0 Å². The van der Waals surface area contributed by atoms with Crippen LogP contribution >= 0.6 is 22.7 Å². The number of aliphatic carboxylic acids is 1. The molecule has 0 bridgehead atoms. The van der Waals surface area contributed by atoms with Gasteiger partial charge in [-0.05, 0) is 137 Å². The number of phenols is 2. The van der Waals surface area contributed by atoms with Gasteiger partial charge in [0.2, 0.25) is 11.9 Å². The second-order valence-corrected chi connectivity index (χ2v) is 18.6. The quantitative estimate of drug-likeness (QED) is 0.0289. The van der Waals surface area contributed by atoms with Crippen LogP contribution < -0.4 is 31.9 Å². The van der Waals surface area contributed by atoms with Crippen molar-refractivity contribution in [3.05, 3.63) is 137 Å². The van der Waals surface area contributed by atoms with Crippen molar-refractivity contribution >= 4 is 70.1 Å². The molecule has 22 heteroatoms. The monoisotopic (exact) mass is 1040 g/mol. The van der Waals surface area contributed by atoms with Crippen LogP contribution in [0.25, 0.3) is 0 Å². The Kier molecular flexibility index (Phi) is 20.7. The zero-order chi connectivity index (χ0) is 53.2. The van der Waals surface area contributed by atoms with E-state index in [0.29, 0.717) is 57.5 Å². The van der Waals surface area contributed by atoms with Crippen molar-refractivity contribution in [1.29, 1.82) is 0 Å². The number of carboxylic acid groups (broad SMARTS) is 1. The topological polar surface area (TPSA) is 296 Å². The Hall–Kier alpha value is -7.98. The molecule has 0 unspecified atom stereocenters. The number of hydrogen-bond donors (Lipinski definition) is 9. The third-order valence-corrected chi connectivity index (χ3v) is 13.2. The molecule has 2 atom stereocenters. The predicted octanol–water partition coefficient (Wildman–Crippen LogP) is 5.74. The van der Waals surface area contributed by atoms with Crippen molar-refractivity contribution < 1.29 is 48.8 Å². The number of anilines is 2. The van der Waals surface area contributed by atoms with Crippen LogP contribution in [0.1, 0.15) is 97.9 Å². The SMILES string of the molecule is COC(=O)[C@H](CNC(=O)c1sccc1C)NC(=O)c1c(C)nc(NCCCc2cccc(O)c2)nc1C.Cc1ccsc1C(=O)NC[C@H](NC(=O)c1c(C)nc(NCCCc2cccc(O)c2)nc1C)C(=O)O. The van der Waals surface area contributed by atoms with E-state index in [1.807, 2.05) is 30.5 Å². The molecule has 73 heavy (non-hydrogen) atoms. The first kappa shape index (κ1) is 55.9. The maximum absolute atomic E-state index is 13.1. The number of aryl methyl sites for hydroxylation is 8. The van der Waals surface area contributed by atoms with Gasteiger partial charge in [0.25, 0.3) is 23.6 Å². The standard InChI is InChI=1S/C26H31N5O5S.C25H29N5O5S/c1-15-10-12-37-22(15)24(34)28-14-20(25(35)36-4)31-23(33)21-16(2)29-26(30-17(21)3)27-11-6-8-18-7-5-9-19(32)13-18;1-14-9-11-36-21(14)23(33)27-13-19(24(34)35)30-22(32)20-15(2)28-25(29-16(20)3)26-10-5-7-17-6-4-8-18(31)12-17/h5,7,9-10,12-13,20,32H,6,8,11,14H2,1-4H3,(H,28,34)(H,31,33)(H,27,29,30);4,6,8-9,11-12,19,31H,5,7,10,13H2,1-3H3,(H,27,33)(H,30,32)(H,34,35)(H,26,28,29)/t20-;19-/m00/s1. The van der Waals surface area contributed by atoms with Crippen molar-refractivity contribution in [2.75, 3.05) is 43.9 Å². The van der Waals surface area contributed by atoms with E-state index in [1.165, 1.54) is 29.8 Å². The summed E-state index contributed by atoms with van der Waals surface area (Å²) in [5.74, 6) is -2.61. The van der Waals surface area contributed by atoms with Gasteiger partial charge in [0.1, 0.15) is 23.6 Å².